The van der Waals surface area contributed by atoms with Crippen molar-refractivity contribution in [3.63, 3.8) is 0 Å². The molecule has 3 saturated heterocycles. The number of likely N-dealkylation sites (tertiary alicyclic amines) is 2. The summed E-state index contributed by atoms with van der Waals surface area (Å²) in [5.41, 5.74) is -0.885. The first-order chi connectivity index (χ1) is 16.8. The van der Waals surface area contributed by atoms with Gasteiger partial charge >= 0.3 is 12.2 Å². The highest BCUT2D eigenvalue weighted by Crippen LogP contribution is 2.36. The van der Waals surface area contributed by atoms with Gasteiger partial charge in [0.15, 0.2) is 5.78 Å². The lowest BCUT2D eigenvalue weighted by Gasteiger charge is -2.43. The van der Waals surface area contributed by atoms with Gasteiger partial charge < -0.3 is 19.3 Å². The molecular formula is C24H27F3N4O4. The highest BCUT2D eigenvalue weighted by molar-refractivity contribution is 5.81. The average molecular weight is 492 g/mol. The minimum atomic E-state index is -4.52. The summed E-state index contributed by atoms with van der Waals surface area (Å²) in [7, 11) is 0. The number of ether oxygens (including phenoxy) is 2. The predicted octanol–water partition coefficient (Wildman–Crippen LogP) is 3.53. The number of ketones is 1. The summed E-state index contributed by atoms with van der Waals surface area (Å²) in [5, 5.41) is 3.94. The molecule has 4 heterocycles. The molecule has 11 heteroatoms. The molecule has 8 nitrogen and oxygen atoms in total. The third-order valence-corrected chi connectivity index (χ3v) is 6.92. The Balaban J connectivity index is 1.19. The summed E-state index contributed by atoms with van der Waals surface area (Å²) >= 11 is 0. The van der Waals surface area contributed by atoms with Crippen LogP contribution in [-0.4, -0.2) is 76.4 Å². The molecule has 5 rings (SSSR count). The molecule has 1 aromatic carbocycles. The molecule has 35 heavy (non-hydrogen) atoms. The number of carbonyl (C=O) groups is 2. The monoisotopic (exact) mass is 492 g/mol. The van der Waals surface area contributed by atoms with Gasteiger partial charge in [0.1, 0.15) is 18.5 Å². The average Bonchev–Trinajstić information content (AvgIpc) is 3.38. The summed E-state index contributed by atoms with van der Waals surface area (Å²) in [6.45, 7) is 2.29. The molecule has 0 saturated carbocycles. The van der Waals surface area contributed by atoms with Gasteiger partial charge in [-0.2, -0.15) is 18.3 Å². The van der Waals surface area contributed by atoms with Crippen molar-refractivity contribution in [3.8, 4) is 11.4 Å². The zero-order valence-electron chi connectivity index (χ0n) is 19.1. The number of benzene rings is 1. The molecule has 3 aliphatic rings. The summed E-state index contributed by atoms with van der Waals surface area (Å²) in [5.74, 6) is 0.466. The molecule has 188 valence electrons. The van der Waals surface area contributed by atoms with E-state index in [0.717, 1.165) is 12.5 Å². The molecule has 1 aromatic heterocycles. The van der Waals surface area contributed by atoms with E-state index >= 15 is 0 Å². The maximum absolute atomic E-state index is 13.5. The smallest absolute Gasteiger partial charge is 0.418 e. The van der Waals surface area contributed by atoms with Crippen molar-refractivity contribution in [1.29, 1.82) is 0 Å². The second-order valence-electron chi connectivity index (χ2n) is 9.30. The molecule has 3 fully saturated rings. The number of alkyl halides is 3. The van der Waals surface area contributed by atoms with Crippen LogP contribution in [0.15, 0.2) is 36.7 Å². The molecule has 0 unspecified atom stereocenters. The zero-order chi connectivity index (χ0) is 24.6. The molecule has 0 spiro atoms. The number of rotatable bonds is 3. The molecular weight excluding hydrogens is 465 g/mol. The van der Waals surface area contributed by atoms with Crippen LogP contribution in [0, 0.1) is 5.92 Å². The topological polar surface area (TPSA) is 76.9 Å². The Morgan fingerprint density at radius 1 is 1.11 bits per heavy atom. The van der Waals surface area contributed by atoms with E-state index in [1.165, 1.54) is 29.2 Å². The predicted molar refractivity (Wildman–Crippen MR) is 118 cm³/mol. The first-order valence-corrected chi connectivity index (χ1v) is 11.8. The van der Waals surface area contributed by atoms with Crippen LogP contribution in [0.3, 0.4) is 0 Å². The van der Waals surface area contributed by atoms with Gasteiger partial charge in [-0.05, 0) is 24.6 Å². The van der Waals surface area contributed by atoms with Crippen molar-refractivity contribution < 1.29 is 32.2 Å². The van der Waals surface area contributed by atoms with Gasteiger partial charge in [0.2, 0.25) is 0 Å². The van der Waals surface area contributed by atoms with E-state index in [9.17, 15) is 22.8 Å². The minimum absolute atomic E-state index is 0.0459. The van der Waals surface area contributed by atoms with Gasteiger partial charge in [0.05, 0.1) is 17.4 Å². The molecule has 2 amide bonds. The number of piperidine rings is 2. The normalized spacial score (nSPS) is 23.8. The van der Waals surface area contributed by atoms with Crippen LogP contribution in [0.4, 0.5) is 18.0 Å². The minimum Gasteiger partial charge on any atom is -0.490 e. The molecule has 0 N–H and O–H groups in total. The third kappa shape index (κ3) is 5.14. The number of aromatic nitrogens is 2. The third-order valence-electron chi connectivity index (χ3n) is 6.92. The number of nitrogens with zero attached hydrogens (tertiary/aromatic N) is 4. The highest BCUT2D eigenvalue weighted by Gasteiger charge is 2.38. The van der Waals surface area contributed by atoms with E-state index in [0.29, 0.717) is 51.2 Å². The standard InChI is InChI=1S/C24H27F3N4O4/c25-24(26,27)20-3-2-19(13-21(20)31-8-1-7-28-31)35-18-4-9-29(10-5-18)23(33)30-11-6-22-16(14-30)12-17(32)15-34-22/h1-3,7-8,13,16,18,22H,4-6,9-12,14-15H2/t16-,22+/m1/s1. The number of urea groups is 1. The van der Waals surface area contributed by atoms with Gasteiger partial charge in [-0.1, -0.05) is 0 Å². The maximum Gasteiger partial charge on any atom is 0.418 e. The number of amides is 2. The Morgan fingerprint density at radius 3 is 2.60 bits per heavy atom. The quantitative estimate of drug-likeness (QED) is 0.655. The van der Waals surface area contributed by atoms with Crippen LogP contribution in [0.1, 0.15) is 31.2 Å². The second-order valence-corrected chi connectivity index (χ2v) is 9.30. The first-order valence-electron chi connectivity index (χ1n) is 11.8. The Labute approximate surface area is 200 Å². The summed E-state index contributed by atoms with van der Waals surface area (Å²) in [6, 6.07) is 5.20. The van der Waals surface area contributed by atoms with Crippen molar-refractivity contribution in [3.05, 3.63) is 42.2 Å². The van der Waals surface area contributed by atoms with Gasteiger partial charge in [0, 0.05) is 69.8 Å². The van der Waals surface area contributed by atoms with Crippen LogP contribution in [-0.2, 0) is 15.7 Å². The van der Waals surface area contributed by atoms with Crippen LogP contribution in [0.2, 0.25) is 0 Å². The lowest BCUT2D eigenvalue weighted by molar-refractivity contribution is -0.140. The fourth-order valence-corrected chi connectivity index (χ4v) is 5.13. The molecule has 3 aliphatic heterocycles. The Hall–Kier alpha value is -3.08. The number of Topliss-reactive ketones (excluding diaryl/α,β-unsaturated/α-hetero) is 1. The van der Waals surface area contributed by atoms with Crippen LogP contribution < -0.4 is 4.74 Å². The van der Waals surface area contributed by atoms with Crippen molar-refractivity contribution in [2.75, 3.05) is 32.8 Å². The van der Waals surface area contributed by atoms with Gasteiger partial charge in [-0.25, -0.2) is 9.48 Å². The first kappa shape index (κ1) is 23.7. The summed E-state index contributed by atoms with van der Waals surface area (Å²) < 4.78 is 53.2. The fourth-order valence-electron chi connectivity index (χ4n) is 5.13. The SMILES string of the molecule is O=C1CO[C@H]2CCN(C(=O)N3CCC(Oc4ccc(C(F)(F)F)c(-n5cccn5)c4)CC3)C[C@H]2C1. The van der Waals surface area contributed by atoms with E-state index in [4.69, 9.17) is 9.47 Å². The van der Waals surface area contributed by atoms with E-state index < -0.39 is 11.7 Å². The van der Waals surface area contributed by atoms with E-state index in [1.54, 1.807) is 15.9 Å². The summed E-state index contributed by atoms with van der Waals surface area (Å²) in [4.78, 5) is 28.4. The summed E-state index contributed by atoms with van der Waals surface area (Å²) in [6.07, 6.45) is 0.530. The Kier molecular flexibility index (Phi) is 6.43. The van der Waals surface area contributed by atoms with Crippen LogP contribution in [0.25, 0.3) is 5.69 Å². The maximum atomic E-state index is 13.5. The molecule has 0 bridgehead atoms. The second kappa shape index (κ2) is 9.52. The van der Waals surface area contributed by atoms with Crippen molar-refractivity contribution in [1.82, 2.24) is 19.6 Å². The van der Waals surface area contributed by atoms with Crippen molar-refractivity contribution in [2.45, 2.75) is 44.1 Å². The highest BCUT2D eigenvalue weighted by atomic mass is 19.4. The molecule has 2 atom stereocenters. The molecule has 2 aromatic rings. The van der Waals surface area contributed by atoms with E-state index in [-0.39, 0.29) is 42.2 Å². The van der Waals surface area contributed by atoms with Crippen molar-refractivity contribution >= 4 is 11.8 Å². The van der Waals surface area contributed by atoms with Gasteiger partial charge in [0.25, 0.3) is 0 Å². The van der Waals surface area contributed by atoms with E-state index in [1.807, 2.05) is 0 Å². The van der Waals surface area contributed by atoms with Crippen LogP contribution >= 0.6 is 0 Å². The number of halogens is 3. The number of fused-ring (bicyclic) bond motifs is 1. The Morgan fingerprint density at radius 2 is 1.89 bits per heavy atom. The molecule has 0 radical (unpaired) electrons. The van der Waals surface area contributed by atoms with Gasteiger partial charge in [-0.3, -0.25) is 4.79 Å². The number of hydrogen-bond acceptors (Lipinski definition) is 5. The van der Waals surface area contributed by atoms with E-state index in [2.05, 4.69) is 5.10 Å². The lowest BCUT2D eigenvalue weighted by atomic mass is 9.88. The fraction of sp³-hybridized carbons (Fsp3) is 0.542. The molecule has 0 aliphatic carbocycles. The Bertz CT molecular complexity index is 1070. The zero-order valence-corrected chi connectivity index (χ0v) is 19.1. The largest absolute Gasteiger partial charge is 0.490 e. The number of hydrogen-bond donors (Lipinski definition) is 0. The lowest BCUT2D eigenvalue weighted by Crippen LogP contribution is -2.55. The van der Waals surface area contributed by atoms with Crippen molar-refractivity contribution in [2.24, 2.45) is 5.92 Å². The van der Waals surface area contributed by atoms with Gasteiger partial charge in [-0.15, -0.1) is 0 Å². The van der Waals surface area contributed by atoms with Crippen LogP contribution in [0.5, 0.6) is 5.75 Å². The number of carbonyl (C=O) groups excluding carboxylic acids is 2.